The molecule has 0 aliphatic carbocycles. The maximum absolute atomic E-state index is 8.97. The van der Waals surface area contributed by atoms with Gasteiger partial charge in [0.15, 0.2) is 0 Å². The Morgan fingerprint density at radius 1 is 1.13 bits per heavy atom. The maximum atomic E-state index is 8.97. The van der Waals surface area contributed by atoms with Crippen LogP contribution in [0.3, 0.4) is 0 Å². The lowest BCUT2D eigenvalue weighted by Crippen LogP contribution is -2.29. The highest BCUT2D eigenvalue weighted by Crippen LogP contribution is 2.20. The molecule has 0 bridgehead atoms. The Kier molecular flexibility index (Phi) is 2.80. The molecule has 0 aliphatic heterocycles. The summed E-state index contributed by atoms with van der Waals surface area (Å²) in [7, 11) is -1.54. The molecule has 0 saturated carbocycles. The quantitative estimate of drug-likeness (QED) is 0.437. The monoisotopic (exact) mass is 242 g/mol. The van der Waals surface area contributed by atoms with Crippen molar-refractivity contribution < 1.29 is 10.0 Å². The van der Waals surface area contributed by atoms with E-state index in [4.69, 9.17) is 33.2 Å². The fourth-order valence-corrected chi connectivity index (χ4v) is 1.69. The molecule has 0 atom stereocenters. The van der Waals surface area contributed by atoms with Crippen molar-refractivity contribution in [1.29, 1.82) is 0 Å². The number of fused-ring (bicyclic) bond motifs is 1. The first-order valence-electron chi connectivity index (χ1n) is 4.07. The molecule has 15 heavy (non-hydrogen) atoms. The summed E-state index contributed by atoms with van der Waals surface area (Å²) >= 11 is 11.5. The second-order valence-corrected chi connectivity index (χ2v) is 3.63. The minimum absolute atomic E-state index is 0.0600. The molecule has 0 spiro atoms. The predicted molar refractivity (Wildman–Crippen MR) is 59.4 cm³/mol. The van der Waals surface area contributed by atoms with Gasteiger partial charge in [-0.15, -0.1) is 0 Å². The van der Waals surface area contributed by atoms with Gasteiger partial charge in [-0.25, -0.2) is 9.97 Å². The van der Waals surface area contributed by atoms with Crippen molar-refractivity contribution in [2.24, 2.45) is 0 Å². The zero-order valence-corrected chi connectivity index (χ0v) is 8.87. The number of rotatable bonds is 1. The normalized spacial score (nSPS) is 10.7. The van der Waals surface area contributed by atoms with Gasteiger partial charge in [-0.05, 0) is 29.2 Å². The minimum Gasteiger partial charge on any atom is -0.423 e. The Hall–Kier alpha value is -0.875. The molecule has 76 valence electrons. The average Bonchev–Trinajstić information content (AvgIpc) is 2.16. The van der Waals surface area contributed by atoms with Crippen LogP contribution in [0.4, 0.5) is 0 Å². The molecule has 0 unspecified atom stereocenters. The van der Waals surface area contributed by atoms with Gasteiger partial charge in [0.2, 0.25) is 5.28 Å². The molecule has 2 N–H and O–H groups in total. The summed E-state index contributed by atoms with van der Waals surface area (Å²) in [6.45, 7) is 0. The third-order valence-corrected chi connectivity index (χ3v) is 2.40. The van der Waals surface area contributed by atoms with Crippen LogP contribution in [0.25, 0.3) is 10.9 Å². The number of hydrogen-bond donors (Lipinski definition) is 2. The first-order chi connectivity index (χ1) is 7.08. The van der Waals surface area contributed by atoms with Gasteiger partial charge in [0, 0.05) is 5.39 Å². The van der Waals surface area contributed by atoms with Crippen LogP contribution >= 0.6 is 23.2 Å². The SMILES string of the molecule is OB(O)c1ccc2nc(Cl)nc(Cl)c2c1. The summed E-state index contributed by atoms with van der Waals surface area (Å²) in [5.41, 5.74) is 0.889. The molecule has 0 saturated heterocycles. The highest BCUT2D eigenvalue weighted by atomic mass is 35.5. The van der Waals surface area contributed by atoms with Crippen molar-refractivity contribution in [3.05, 3.63) is 28.6 Å². The van der Waals surface area contributed by atoms with Gasteiger partial charge < -0.3 is 10.0 Å². The van der Waals surface area contributed by atoms with E-state index in [1.165, 1.54) is 12.1 Å². The van der Waals surface area contributed by atoms with Crippen LogP contribution in [0.2, 0.25) is 10.4 Å². The van der Waals surface area contributed by atoms with E-state index in [9.17, 15) is 0 Å². The van der Waals surface area contributed by atoms with Crippen molar-refractivity contribution in [1.82, 2.24) is 9.97 Å². The third kappa shape index (κ3) is 2.05. The molecule has 4 nitrogen and oxygen atoms in total. The van der Waals surface area contributed by atoms with Gasteiger partial charge in [-0.1, -0.05) is 17.7 Å². The number of benzene rings is 1. The van der Waals surface area contributed by atoms with Gasteiger partial charge in [-0.2, -0.15) is 0 Å². The molecule has 1 aromatic carbocycles. The predicted octanol–water partition coefficient (Wildman–Crippen LogP) is 0.616. The summed E-state index contributed by atoms with van der Waals surface area (Å²) in [6.07, 6.45) is 0. The van der Waals surface area contributed by atoms with Crippen molar-refractivity contribution in [3.8, 4) is 0 Å². The summed E-state index contributed by atoms with van der Waals surface area (Å²) in [5, 5.41) is 18.7. The molecule has 0 aliphatic rings. The molecule has 2 rings (SSSR count). The van der Waals surface area contributed by atoms with E-state index in [-0.39, 0.29) is 10.4 Å². The van der Waals surface area contributed by atoms with Crippen LogP contribution in [0, 0.1) is 0 Å². The van der Waals surface area contributed by atoms with E-state index in [0.717, 1.165) is 0 Å². The minimum atomic E-state index is -1.54. The lowest BCUT2D eigenvalue weighted by Gasteiger charge is -2.03. The van der Waals surface area contributed by atoms with Crippen LogP contribution in [-0.2, 0) is 0 Å². The summed E-state index contributed by atoms with van der Waals surface area (Å²) in [5.74, 6) is 0. The maximum Gasteiger partial charge on any atom is 0.488 e. The molecule has 1 heterocycles. The second-order valence-electron chi connectivity index (χ2n) is 2.93. The Bertz CT molecular complexity index is 521. The van der Waals surface area contributed by atoms with Gasteiger partial charge in [-0.3, -0.25) is 0 Å². The van der Waals surface area contributed by atoms with E-state index in [2.05, 4.69) is 9.97 Å². The van der Waals surface area contributed by atoms with Gasteiger partial charge >= 0.3 is 7.12 Å². The fraction of sp³-hybridized carbons (Fsp3) is 0. The van der Waals surface area contributed by atoms with Crippen LogP contribution in [-0.4, -0.2) is 27.1 Å². The largest absolute Gasteiger partial charge is 0.488 e. The van der Waals surface area contributed by atoms with Crippen molar-refractivity contribution >= 4 is 46.7 Å². The zero-order valence-electron chi connectivity index (χ0n) is 7.35. The Balaban J connectivity index is 2.71. The molecule has 0 fully saturated rings. The molecule has 7 heteroatoms. The summed E-state index contributed by atoms with van der Waals surface area (Å²) < 4.78 is 0. The van der Waals surface area contributed by atoms with E-state index >= 15 is 0 Å². The summed E-state index contributed by atoms with van der Waals surface area (Å²) in [4.78, 5) is 7.70. The third-order valence-electron chi connectivity index (χ3n) is 1.94. The van der Waals surface area contributed by atoms with Crippen LogP contribution in [0.5, 0.6) is 0 Å². The zero-order chi connectivity index (χ0) is 11.0. The average molecular weight is 243 g/mol. The Labute approximate surface area is 95.6 Å². The van der Waals surface area contributed by atoms with Crippen LogP contribution in [0.15, 0.2) is 18.2 Å². The first kappa shape index (κ1) is 10.6. The highest BCUT2D eigenvalue weighted by molar-refractivity contribution is 6.59. The fourth-order valence-electron chi connectivity index (χ4n) is 1.24. The van der Waals surface area contributed by atoms with Crippen molar-refractivity contribution in [3.63, 3.8) is 0 Å². The van der Waals surface area contributed by atoms with Gasteiger partial charge in [0.05, 0.1) is 5.52 Å². The van der Waals surface area contributed by atoms with E-state index in [0.29, 0.717) is 16.4 Å². The highest BCUT2D eigenvalue weighted by Gasteiger charge is 2.13. The number of aromatic nitrogens is 2. The van der Waals surface area contributed by atoms with Crippen molar-refractivity contribution in [2.75, 3.05) is 0 Å². The lowest BCUT2D eigenvalue weighted by molar-refractivity contribution is 0.426. The topological polar surface area (TPSA) is 66.2 Å². The van der Waals surface area contributed by atoms with Gasteiger partial charge in [0.25, 0.3) is 0 Å². The van der Waals surface area contributed by atoms with Crippen LogP contribution < -0.4 is 5.46 Å². The number of halogens is 2. The van der Waals surface area contributed by atoms with Crippen LogP contribution in [0.1, 0.15) is 0 Å². The second kappa shape index (κ2) is 3.94. The van der Waals surface area contributed by atoms with E-state index in [1.807, 2.05) is 0 Å². The standard InChI is InChI=1S/C8H5BCl2N2O2/c10-7-5-3-4(9(14)15)1-2-6(5)12-8(11)13-7/h1-3,14-15H. The van der Waals surface area contributed by atoms with Gasteiger partial charge in [0.1, 0.15) is 5.15 Å². The Morgan fingerprint density at radius 3 is 2.53 bits per heavy atom. The lowest BCUT2D eigenvalue weighted by atomic mass is 9.80. The smallest absolute Gasteiger partial charge is 0.423 e. The molecular weight excluding hydrogens is 238 g/mol. The number of hydrogen-bond acceptors (Lipinski definition) is 4. The van der Waals surface area contributed by atoms with E-state index in [1.54, 1.807) is 6.07 Å². The molecular formula is C8H5BCl2N2O2. The summed E-state index contributed by atoms with van der Waals surface area (Å²) in [6, 6.07) is 4.65. The molecule has 0 amide bonds. The molecule has 1 aromatic heterocycles. The number of nitrogens with zero attached hydrogens (tertiary/aromatic N) is 2. The molecule has 2 aromatic rings. The molecule has 0 radical (unpaired) electrons. The van der Waals surface area contributed by atoms with Crippen molar-refractivity contribution in [2.45, 2.75) is 0 Å². The van der Waals surface area contributed by atoms with E-state index < -0.39 is 7.12 Å². The Morgan fingerprint density at radius 2 is 1.87 bits per heavy atom. The first-order valence-corrected chi connectivity index (χ1v) is 4.82.